The minimum atomic E-state index is -0.976. The summed E-state index contributed by atoms with van der Waals surface area (Å²) in [6.45, 7) is 1.88. The fraction of sp³-hybridized carbons (Fsp3) is 0.222. The van der Waals surface area contributed by atoms with E-state index in [0.717, 1.165) is 5.56 Å². The molecule has 0 spiro atoms. The SMILES string of the molecule is C[C@@H](c1ccccc1)[C@@H](CC(=O)O)C(=O)Nc1ccccc1. The number of aliphatic carboxylic acids is 1. The molecule has 0 aliphatic heterocycles. The van der Waals surface area contributed by atoms with Gasteiger partial charge in [-0.1, -0.05) is 55.5 Å². The summed E-state index contributed by atoms with van der Waals surface area (Å²) >= 11 is 0. The van der Waals surface area contributed by atoms with E-state index >= 15 is 0 Å². The van der Waals surface area contributed by atoms with Crippen molar-refractivity contribution < 1.29 is 14.7 Å². The monoisotopic (exact) mass is 297 g/mol. The third-order valence-electron chi connectivity index (χ3n) is 3.70. The Kier molecular flexibility index (Phi) is 5.31. The highest BCUT2D eigenvalue weighted by Crippen LogP contribution is 2.28. The van der Waals surface area contributed by atoms with Gasteiger partial charge in [-0.25, -0.2) is 0 Å². The molecule has 0 fully saturated rings. The zero-order valence-corrected chi connectivity index (χ0v) is 12.4. The van der Waals surface area contributed by atoms with Crippen LogP contribution in [0.25, 0.3) is 0 Å². The Hall–Kier alpha value is -2.62. The maximum absolute atomic E-state index is 12.5. The van der Waals surface area contributed by atoms with Gasteiger partial charge >= 0.3 is 5.97 Å². The van der Waals surface area contributed by atoms with Gasteiger partial charge in [0.15, 0.2) is 0 Å². The Balaban J connectivity index is 2.18. The Morgan fingerprint density at radius 1 is 1.00 bits per heavy atom. The van der Waals surface area contributed by atoms with Gasteiger partial charge in [-0.15, -0.1) is 0 Å². The van der Waals surface area contributed by atoms with Gasteiger partial charge in [0, 0.05) is 5.69 Å². The maximum atomic E-state index is 12.5. The highest BCUT2D eigenvalue weighted by atomic mass is 16.4. The molecule has 0 aliphatic rings. The molecule has 2 aromatic rings. The van der Waals surface area contributed by atoms with E-state index in [1.165, 1.54) is 0 Å². The lowest BCUT2D eigenvalue weighted by molar-refractivity contribution is -0.140. The van der Waals surface area contributed by atoms with Gasteiger partial charge in [-0.2, -0.15) is 0 Å². The molecule has 0 bridgehead atoms. The normalized spacial score (nSPS) is 13.1. The van der Waals surface area contributed by atoms with Gasteiger partial charge in [0.05, 0.1) is 12.3 Å². The number of carboxylic acids is 1. The Morgan fingerprint density at radius 2 is 1.55 bits per heavy atom. The Bertz CT molecular complexity index is 625. The van der Waals surface area contributed by atoms with Crippen LogP contribution in [-0.2, 0) is 9.59 Å². The topological polar surface area (TPSA) is 66.4 Å². The van der Waals surface area contributed by atoms with Crippen LogP contribution in [0.15, 0.2) is 60.7 Å². The summed E-state index contributed by atoms with van der Waals surface area (Å²) in [5.41, 5.74) is 1.63. The summed E-state index contributed by atoms with van der Waals surface area (Å²) in [7, 11) is 0. The van der Waals surface area contributed by atoms with Gasteiger partial charge < -0.3 is 10.4 Å². The van der Waals surface area contributed by atoms with Gasteiger partial charge in [0.1, 0.15) is 0 Å². The number of rotatable bonds is 6. The molecular formula is C18H19NO3. The van der Waals surface area contributed by atoms with Crippen LogP contribution < -0.4 is 5.32 Å². The summed E-state index contributed by atoms with van der Waals surface area (Å²) < 4.78 is 0. The van der Waals surface area contributed by atoms with Crippen LogP contribution in [0.2, 0.25) is 0 Å². The first kappa shape index (κ1) is 15.8. The van der Waals surface area contributed by atoms with Crippen LogP contribution in [0.4, 0.5) is 5.69 Å². The number of hydrogen-bond acceptors (Lipinski definition) is 2. The third kappa shape index (κ3) is 4.19. The quantitative estimate of drug-likeness (QED) is 0.857. The van der Waals surface area contributed by atoms with Crippen LogP contribution >= 0.6 is 0 Å². The van der Waals surface area contributed by atoms with Crippen LogP contribution in [0.3, 0.4) is 0 Å². The van der Waals surface area contributed by atoms with Crippen LogP contribution in [0.1, 0.15) is 24.8 Å². The number of benzene rings is 2. The van der Waals surface area contributed by atoms with Crippen LogP contribution in [-0.4, -0.2) is 17.0 Å². The molecule has 0 aliphatic carbocycles. The van der Waals surface area contributed by atoms with E-state index in [1.54, 1.807) is 12.1 Å². The standard InChI is InChI=1S/C18H19NO3/c1-13(14-8-4-2-5-9-14)16(12-17(20)21)18(22)19-15-10-6-3-7-11-15/h2-11,13,16H,12H2,1H3,(H,19,22)(H,20,21)/t13-,16+/m0/s1. The molecule has 4 heteroatoms. The van der Waals surface area contributed by atoms with Crippen molar-refractivity contribution in [2.75, 3.05) is 5.32 Å². The predicted molar refractivity (Wildman–Crippen MR) is 85.7 cm³/mol. The lowest BCUT2D eigenvalue weighted by Gasteiger charge is -2.22. The number of hydrogen-bond donors (Lipinski definition) is 2. The molecule has 2 atom stereocenters. The first-order valence-corrected chi connectivity index (χ1v) is 7.20. The van der Waals surface area contributed by atoms with E-state index in [1.807, 2.05) is 55.5 Å². The zero-order valence-electron chi connectivity index (χ0n) is 12.4. The van der Waals surface area contributed by atoms with Crippen LogP contribution in [0.5, 0.6) is 0 Å². The average molecular weight is 297 g/mol. The minimum absolute atomic E-state index is 0.180. The molecule has 4 nitrogen and oxygen atoms in total. The molecule has 2 N–H and O–H groups in total. The van der Waals surface area contributed by atoms with Crippen LogP contribution in [0, 0.1) is 5.92 Å². The number of amides is 1. The van der Waals surface area contributed by atoms with Gasteiger partial charge in [-0.05, 0) is 23.6 Å². The van der Waals surface area contributed by atoms with Crippen molar-refractivity contribution in [1.29, 1.82) is 0 Å². The zero-order chi connectivity index (χ0) is 15.9. The fourth-order valence-electron chi connectivity index (χ4n) is 2.43. The van der Waals surface area contributed by atoms with E-state index < -0.39 is 11.9 Å². The first-order chi connectivity index (χ1) is 10.6. The van der Waals surface area contributed by atoms with Gasteiger partial charge in [0.25, 0.3) is 0 Å². The highest BCUT2D eigenvalue weighted by Gasteiger charge is 2.28. The number of nitrogens with one attached hydrogen (secondary N) is 1. The largest absolute Gasteiger partial charge is 0.481 e. The third-order valence-corrected chi connectivity index (χ3v) is 3.70. The van der Waals surface area contributed by atoms with E-state index in [-0.39, 0.29) is 18.2 Å². The second kappa shape index (κ2) is 7.41. The molecule has 0 radical (unpaired) electrons. The van der Waals surface area contributed by atoms with Crippen molar-refractivity contribution in [2.45, 2.75) is 19.3 Å². The molecule has 0 aromatic heterocycles. The molecule has 2 aromatic carbocycles. The predicted octanol–water partition coefficient (Wildman–Crippen LogP) is 3.52. The van der Waals surface area contributed by atoms with Crippen molar-refractivity contribution in [3.8, 4) is 0 Å². The maximum Gasteiger partial charge on any atom is 0.304 e. The first-order valence-electron chi connectivity index (χ1n) is 7.20. The summed E-state index contributed by atoms with van der Waals surface area (Å²) in [4.78, 5) is 23.6. The minimum Gasteiger partial charge on any atom is -0.481 e. The van der Waals surface area contributed by atoms with Crippen molar-refractivity contribution in [1.82, 2.24) is 0 Å². The summed E-state index contributed by atoms with van der Waals surface area (Å²) in [5.74, 6) is -2.05. The summed E-state index contributed by atoms with van der Waals surface area (Å²) in [5, 5.41) is 11.9. The Labute approximate surface area is 129 Å². The molecule has 0 saturated carbocycles. The highest BCUT2D eigenvalue weighted by molar-refractivity contribution is 5.95. The number of carbonyl (C=O) groups is 2. The second-order valence-electron chi connectivity index (χ2n) is 5.26. The molecule has 1 amide bonds. The molecule has 0 saturated heterocycles. The lowest BCUT2D eigenvalue weighted by atomic mass is 9.84. The Morgan fingerprint density at radius 3 is 2.09 bits per heavy atom. The van der Waals surface area contributed by atoms with Crippen molar-refractivity contribution >= 4 is 17.6 Å². The van der Waals surface area contributed by atoms with E-state index in [2.05, 4.69) is 5.32 Å². The van der Waals surface area contributed by atoms with Gasteiger partial charge in [-0.3, -0.25) is 9.59 Å². The van der Waals surface area contributed by atoms with Crippen molar-refractivity contribution in [2.24, 2.45) is 5.92 Å². The molecule has 0 heterocycles. The number of carboxylic acid groups (broad SMARTS) is 1. The number of para-hydroxylation sites is 1. The second-order valence-corrected chi connectivity index (χ2v) is 5.26. The van der Waals surface area contributed by atoms with E-state index in [0.29, 0.717) is 5.69 Å². The van der Waals surface area contributed by atoms with Crippen molar-refractivity contribution in [3.05, 3.63) is 66.2 Å². The molecule has 22 heavy (non-hydrogen) atoms. The van der Waals surface area contributed by atoms with E-state index in [4.69, 9.17) is 5.11 Å². The lowest BCUT2D eigenvalue weighted by Crippen LogP contribution is -2.29. The molecule has 114 valence electrons. The summed E-state index contributed by atoms with van der Waals surface area (Å²) in [6.07, 6.45) is -0.200. The summed E-state index contributed by atoms with van der Waals surface area (Å²) in [6, 6.07) is 18.6. The van der Waals surface area contributed by atoms with Crippen molar-refractivity contribution in [3.63, 3.8) is 0 Å². The smallest absolute Gasteiger partial charge is 0.304 e. The number of carbonyl (C=O) groups excluding carboxylic acids is 1. The van der Waals surface area contributed by atoms with Gasteiger partial charge in [0.2, 0.25) is 5.91 Å². The number of anilines is 1. The molecule has 0 unspecified atom stereocenters. The fourth-order valence-corrected chi connectivity index (χ4v) is 2.43. The molecule has 2 rings (SSSR count). The average Bonchev–Trinajstić information content (AvgIpc) is 2.53. The van der Waals surface area contributed by atoms with E-state index in [9.17, 15) is 9.59 Å². The molecular weight excluding hydrogens is 278 g/mol.